The molecule has 0 saturated carbocycles. The summed E-state index contributed by atoms with van der Waals surface area (Å²) in [5.41, 5.74) is 10.6. The van der Waals surface area contributed by atoms with E-state index in [9.17, 15) is 0 Å². The van der Waals surface area contributed by atoms with Crippen molar-refractivity contribution in [3.63, 3.8) is 0 Å². The molecule has 0 radical (unpaired) electrons. The Balaban J connectivity index is 0.000000148. The molecule has 0 aliphatic carbocycles. The van der Waals surface area contributed by atoms with Crippen LogP contribution in [-0.4, -0.2) is 0 Å². The summed E-state index contributed by atoms with van der Waals surface area (Å²) < 4.78 is 0. The molecule has 172 valence electrons. The highest BCUT2D eigenvalue weighted by atomic mass is 14.0. The van der Waals surface area contributed by atoms with Crippen LogP contribution in [-0.2, 0) is 0 Å². The second kappa shape index (κ2) is 12.0. The zero-order chi connectivity index (χ0) is 24.5. The third kappa shape index (κ3) is 7.18. The van der Waals surface area contributed by atoms with Gasteiger partial charge in [-0.25, -0.2) is 0 Å². The van der Waals surface area contributed by atoms with Gasteiger partial charge in [-0.3, -0.25) is 0 Å². The minimum Gasteiger partial charge on any atom is -0.0616 e. The highest BCUT2D eigenvalue weighted by Crippen LogP contribution is 2.21. The molecule has 5 aromatic carbocycles. The van der Waals surface area contributed by atoms with Crippen LogP contribution in [0.15, 0.2) is 109 Å². The van der Waals surface area contributed by atoms with Crippen molar-refractivity contribution >= 4 is 10.8 Å². The molecule has 0 saturated heterocycles. The zero-order valence-corrected chi connectivity index (χ0v) is 21.4. The van der Waals surface area contributed by atoms with Gasteiger partial charge in [0.2, 0.25) is 0 Å². The molecule has 0 aromatic heterocycles. The Hall–Kier alpha value is -3.64. The van der Waals surface area contributed by atoms with E-state index < -0.39 is 0 Å². The van der Waals surface area contributed by atoms with Crippen molar-refractivity contribution in [2.24, 2.45) is 0 Å². The molecule has 0 nitrogen and oxygen atoms in total. The molecule has 0 heterocycles. The lowest BCUT2D eigenvalue weighted by Gasteiger charge is -2.03. The summed E-state index contributed by atoms with van der Waals surface area (Å²) in [6, 6.07) is 38.6. The van der Waals surface area contributed by atoms with Crippen molar-refractivity contribution in [1.29, 1.82) is 0 Å². The Morgan fingerprint density at radius 3 is 0.853 bits per heavy atom. The number of benzene rings is 5. The quantitative estimate of drug-likeness (QED) is 0.241. The maximum absolute atomic E-state index is 2.18. The average molecular weight is 445 g/mol. The van der Waals surface area contributed by atoms with Gasteiger partial charge in [-0.2, -0.15) is 0 Å². The first-order chi connectivity index (χ1) is 16.3. The number of aryl methyl sites for hydroxylation is 6. The summed E-state index contributed by atoms with van der Waals surface area (Å²) in [5.74, 6) is 0. The highest BCUT2D eigenvalue weighted by molar-refractivity contribution is 5.88. The largest absolute Gasteiger partial charge is 0.0616 e. The molecule has 0 heteroatoms. The number of fused-ring (bicyclic) bond motifs is 1. The molecule has 0 atom stereocenters. The third-order valence-corrected chi connectivity index (χ3v) is 6.01. The van der Waals surface area contributed by atoms with Gasteiger partial charge < -0.3 is 0 Å². The van der Waals surface area contributed by atoms with E-state index in [4.69, 9.17) is 0 Å². The van der Waals surface area contributed by atoms with Crippen molar-refractivity contribution in [3.05, 3.63) is 143 Å². The Kier molecular flexibility index (Phi) is 8.82. The predicted octanol–water partition coefficient (Wildman–Crippen LogP) is 9.73. The molecule has 0 amide bonds. The Morgan fingerprint density at radius 2 is 0.559 bits per heavy atom. The smallest absolute Gasteiger partial charge is 0.0152 e. The summed E-state index contributed by atoms with van der Waals surface area (Å²) in [5, 5.41) is 2.75. The second-order valence-corrected chi connectivity index (χ2v) is 9.13. The van der Waals surface area contributed by atoms with Gasteiger partial charge in [0, 0.05) is 0 Å². The number of hydrogen-bond donors (Lipinski definition) is 0. The molecular weight excluding hydrogens is 408 g/mol. The maximum atomic E-state index is 2.18. The van der Waals surface area contributed by atoms with Crippen molar-refractivity contribution in [2.75, 3.05) is 0 Å². The summed E-state index contributed by atoms with van der Waals surface area (Å²) in [6.45, 7) is 12.7. The summed E-state index contributed by atoms with van der Waals surface area (Å²) in [4.78, 5) is 0. The molecule has 0 fully saturated rings. The van der Waals surface area contributed by atoms with Crippen molar-refractivity contribution < 1.29 is 0 Å². The number of hydrogen-bond acceptors (Lipinski definition) is 0. The lowest BCUT2D eigenvalue weighted by Crippen LogP contribution is -1.80. The van der Waals surface area contributed by atoms with Crippen molar-refractivity contribution in [3.8, 4) is 11.1 Å². The fraction of sp³-hybridized carbons (Fsp3) is 0.176. The van der Waals surface area contributed by atoms with Crippen LogP contribution in [0.4, 0.5) is 0 Å². The van der Waals surface area contributed by atoms with Crippen LogP contribution in [0.3, 0.4) is 0 Å². The van der Waals surface area contributed by atoms with Gasteiger partial charge in [0.25, 0.3) is 0 Å². The third-order valence-electron chi connectivity index (χ3n) is 6.01. The van der Waals surface area contributed by atoms with Crippen LogP contribution in [0.5, 0.6) is 0 Å². The van der Waals surface area contributed by atoms with E-state index in [0.29, 0.717) is 0 Å². The first kappa shape index (κ1) is 25.0. The molecule has 0 N–H and O–H groups in total. The van der Waals surface area contributed by atoms with Crippen LogP contribution in [0.25, 0.3) is 21.9 Å². The van der Waals surface area contributed by atoms with Crippen LogP contribution < -0.4 is 0 Å². The van der Waals surface area contributed by atoms with E-state index in [1.165, 1.54) is 55.3 Å². The van der Waals surface area contributed by atoms with E-state index in [1.807, 2.05) is 0 Å². The molecule has 0 aliphatic heterocycles. The Bertz CT molecular complexity index is 1200. The SMILES string of the molecule is Cc1ccc(-c2ccc(C)cc2)cc1.Cc1ccc(C)c2ccccc12.Cc1ccc(C)cc1. The fourth-order valence-electron chi connectivity index (χ4n) is 3.73. The maximum Gasteiger partial charge on any atom is -0.0152 e. The molecule has 0 bridgehead atoms. The van der Waals surface area contributed by atoms with Crippen LogP contribution >= 0.6 is 0 Å². The highest BCUT2D eigenvalue weighted by Gasteiger charge is 1.97. The molecule has 5 rings (SSSR count). The van der Waals surface area contributed by atoms with Crippen molar-refractivity contribution in [1.82, 2.24) is 0 Å². The summed E-state index contributed by atoms with van der Waals surface area (Å²) in [7, 11) is 0. The molecule has 5 aromatic rings. The lowest BCUT2D eigenvalue weighted by molar-refractivity contribution is 1.40. The predicted molar refractivity (Wildman–Crippen MR) is 151 cm³/mol. The molecule has 0 spiro atoms. The van der Waals surface area contributed by atoms with Gasteiger partial charge >= 0.3 is 0 Å². The first-order valence-electron chi connectivity index (χ1n) is 12.0. The fourth-order valence-corrected chi connectivity index (χ4v) is 3.73. The van der Waals surface area contributed by atoms with Gasteiger partial charge in [0.1, 0.15) is 0 Å². The summed E-state index contributed by atoms with van der Waals surface area (Å²) >= 11 is 0. The monoisotopic (exact) mass is 444 g/mol. The normalized spacial score (nSPS) is 10.1. The van der Waals surface area contributed by atoms with E-state index in [0.717, 1.165) is 0 Å². The molecule has 34 heavy (non-hydrogen) atoms. The minimum absolute atomic E-state index is 1.29. The number of rotatable bonds is 1. The van der Waals surface area contributed by atoms with E-state index in [2.05, 4.69) is 151 Å². The Morgan fingerprint density at radius 1 is 0.294 bits per heavy atom. The summed E-state index contributed by atoms with van der Waals surface area (Å²) in [6.07, 6.45) is 0. The molecular formula is C34H36. The van der Waals surface area contributed by atoms with Crippen molar-refractivity contribution in [2.45, 2.75) is 41.5 Å². The second-order valence-electron chi connectivity index (χ2n) is 9.13. The standard InChI is InChI=1S/C14H14.C12H12.C8H10/c1-11-3-7-13(8-4-11)14-9-5-12(2)6-10-14;1-9-7-8-10(2)12-6-4-3-5-11(9)12;1-7-3-5-8(2)6-4-7/h3-10H,1-2H3;3-8H,1-2H3;3-6H,1-2H3. The van der Waals surface area contributed by atoms with E-state index in [1.54, 1.807) is 0 Å². The zero-order valence-electron chi connectivity index (χ0n) is 21.4. The van der Waals surface area contributed by atoms with Gasteiger partial charge in [-0.05, 0) is 74.6 Å². The van der Waals surface area contributed by atoms with Gasteiger partial charge in [-0.15, -0.1) is 0 Å². The van der Waals surface area contributed by atoms with Gasteiger partial charge in [-0.1, -0.05) is 131 Å². The van der Waals surface area contributed by atoms with Crippen LogP contribution in [0.2, 0.25) is 0 Å². The topological polar surface area (TPSA) is 0 Å². The minimum atomic E-state index is 1.29. The van der Waals surface area contributed by atoms with Gasteiger partial charge in [0.05, 0.1) is 0 Å². The van der Waals surface area contributed by atoms with E-state index in [-0.39, 0.29) is 0 Å². The average Bonchev–Trinajstić information content (AvgIpc) is 2.85. The van der Waals surface area contributed by atoms with E-state index >= 15 is 0 Å². The molecule has 0 unspecified atom stereocenters. The first-order valence-corrected chi connectivity index (χ1v) is 12.0. The Labute approximate surface area is 205 Å². The van der Waals surface area contributed by atoms with Gasteiger partial charge in [0.15, 0.2) is 0 Å². The molecule has 0 aliphatic rings. The van der Waals surface area contributed by atoms with Crippen LogP contribution in [0.1, 0.15) is 33.4 Å². The van der Waals surface area contributed by atoms with Crippen LogP contribution in [0, 0.1) is 41.5 Å². The lowest BCUT2D eigenvalue weighted by atomic mass is 10.0.